The predicted molar refractivity (Wildman–Crippen MR) is 121 cm³/mol. The van der Waals surface area contributed by atoms with Crippen LogP contribution < -0.4 is 27.8 Å². The Morgan fingerprint density at radius 2 is 1.20 bits per heavy atom. The van der Waals surface area contributed by atoms with Crippen molar-refractivity contribution < 1.29 is 14.4 Å². The van der Waals surface area contributed by atoms with Crippen molar-refractivity contribution in [2.75, 3.05) is 13.1 Å². The third-order valence-corrected chi connectivity index (χ3v) is 5.21. The number of primary amides is 1. The van der Waals surface area contributed by atoms with Crippen LogP contribution in [0.2, 0.25) is 0 Å². The second-order valence-corrected chi connectivity index (χ2v) is 8.02. The minimum Gasteiger partial charge on any atom is -0.368 e. The molecule has 0 aliphatic carbocycles. The van der Waals surface area contributed by atoms with Crippen molar-refractivity contribution in [1.29, 1.82) is 0 Å². The first-order valence-electron chi connectivity index (χ1n) is 11.7. The minimum atomic E-state index is -0.782. The van der Waals surface area contributed by atoms with E-state index >= 15 is 0 Å². The monoisotopic (exact) mass is 427 g/mol. The fourth-order valence-corrected chi connectivity index (χ4v) is 3.33. The number of amides is 3. The molecule has 0 aliphatic heterocycles. The van der Waals surface area contributed by atoms with Gasteiger partial charge in [-0.05, 0) is 45.2 Å². The van der Waals surface area contributed by atoms with Gasteiger partial charge in [0.05, 0.1) is 0 Å². The van der Waals surface area contributed by atoms with Crippen LogP contribution in [0.1, 0.15) is 96.8 Å². The Hall–Kier alpha value is -1.67. The topological polar surface area (TPSA) is 153 Å². The van der Waals surface area contributed by atoms with Crippen LogP contribution in [-0.4, -0.2) is 42.9 Å². The van der Waals surface area contributed by atoms with Crippen LogP contribution in [-0.2, 0) is 14.4 Å². The maximum absolute atomic E-state index is 12.6. The molecule has 176 valence electrons. The van der Waals surface area contributed by atoms with Gasteiger partial charge in [0.1, 0.15) is 12.1 Å². The SMILES string of the molecule is CCCCCCCCCCCC(=O)N[C@@H](CCCN)C(=O)N[C@@H](CCCN)C(N)=O. The van der Waals surface area contributed by atoms with Gasteiger partial charge in [-0.2, -0.15) is 0 Å². The van der Waals surface area contributed by atoms with Gasteiger partial charge in [0.15, 0.2) is 0 Å². The summed E-state index contributed by atoms with van der Waals surface area (Å²) in [5.41, 5.74) is 16.4. The zero-order valence-corrected chi connectivity index (χ0v) is 18.9. The van der Waals surface area contributed by atoms with E-state index in [0.717, 1.165) is 19.3 Å². The van der Waals surface area contributed by atoms with E-state index < -0.39 is 23.9 Å². The number of hydrogen-bond acceptors (Lipinski definition) is 5. The summed E-state index contributed by atoms with van der Waals surface area (Å²) < 4.78 is 0. The van der Waals surface area contributed by atoms with E-state index in [2.05, 4.69) is 17.6 Å². The van der Waals surface area contributed by atoms with Crippen LogP contribution in [0.5, 0.6) is 0 Å². The summed E-state index contributed by atoms with van der Waals surface area (Å²) in [5, 5.41) is 5.44. The summed E-state index contributed by atoms with van der Waals surface area (Å²) >= 11 is 0. The van der Waals surface area contributed by atoms with Gasteiger partial charge in [-0.3, -0.25) is 14.4 Å². The molecule has 0 fully saturated rings. The molecule has 0 aliphatic rings. The van der Waals surface area contributed by atoms with Crippen molar-refractivity contribution >= 4 is 17.7 Å². The van der Waals surface area contributed by atoms with Crippen LogP contribution in [0.15, 0.2) is 0 Å². The zero-order valence-electron chi connectivity index (χ0n) is 18.9. The van der Waals surface area contributed by atoms with Crippen molar-refractivity contribution in [3.8, 4) is 0 Å². The zero-order chi connectivity index (χ0) is 22.6. The Morgan fingerprint density at radius 3 is 1.70 bits per heavy atom. The van der Waals surface area contributed by atoms with E-state index in [1.54, 1.807) is 0 Å². The molecule has 0 unspecified atom stereocenters. The van der Waals surface area contributed by atoms with Gasteiger partial charge >= 0.3 is 0 Å². The lowest BCUT2D eigenvalue weighted by atomic mass is 10.1. The van der Waals surface area contributed by atoms with Crippen molar-refractivity contribution in [3.63, 3.8) is 0 Å². The molecule has 30 heavy (non-hydrogen) atoms. The maximum Gasteiger partial charge on any atom is 0.243 e. The number of nitrogens with one attached hydrogen (secondary N) is 2. The first-order valence-corrected chi connectivity index (χ1v) is 11.7. The highest BCUT2D eigenvalue weighted by atomic mass is 16.2. The molecule has 0 aromatic carbocycles. The van der Waals surface area contributed by atoms with E-state index in [0.29, 0.717) is 45.2 Å². The molecule has 0 radical (unpaired) electrons. The average Bonchev–Trinajstić information content (AvgIpc) is 2.72. The third-order valence-electron chi connectivity index (χ3n) is 5.21. The summed E-state index contributed by atoms with van der Waals surface area (Å²) in [5.74, 6) is -1.15. The van der Waals surface area contributed by atoms with E-state index in [1.165, 1.54) is 38.5 Å². The molecule has 2 atom stereocenters. The Kier molecular flexibility index (Phi) is 18.2. The second-order valence-electron chi connectivity index (χ2n) is 8.02. The van der Waals surface area contributed by atoms with E-state index in [4.69, 9.17) is 17.2 Å². The molecule has 0 aromatic heterocycles. The third kappa shape index (κ3) is 15.2. The summed E-state index contributed by atoms with van der Waals surface area (Å²) in [7, 11) is 0. The maximum atomic E-state index is 12.6. The molecule has 0 saturated heterocycles. The van der Waals surface area contributed by atoms with Crippen LogP contribution in [0.3, 0.4) is 0 Å². The molecule has 0 heterocycles. The summed E-state index contributed by atoms with van der Waals surface area (Å²) in [6.45, 7) is 3.04. The Balaban J connectivity index is 4.31. The molecule has 0 saturated carbocycles. The predicted octanol–water partition coefficient (Wildman–Crippen LogP) is 1.84. The Labute approximate surface area is 182 Å². The normalized spacial score (nSPS) is 12.9. The number of carbonyl (C=O) groups is 3. The lowest BCUT2D eigenvalue weighted by Gasteiger charge is -2.22. The minimum absolute atomic E-state index is 0.146. The first-order chi connectivity index (χ1) is 14.5. The molecule has 8 nitrogen and oxygen atoms in total. The van der Waals surface area contributed by atoms with Crippen molar-refractivity contribution in [3.05, 3.63) is 0 Å². The van der Waals surface area contributed by atoms with Gasteiger partial charge in [0.2, 0.25) is 17.7 Å². The number of unbranched alkanes of at least 4 members (excludes halogenated alkanes) is 8. The fourth-order valence-electron chi connectivity index (χ4n) is 3.33. The van der Waals surface area contributed by atoms with E-state index in [9.17, 15) is 14.4 Å². The van der Waals surface area contributed by atoms with Crippen LogP contribution in [0, 0.1) is 0 Å². The van der Waals surface area contributed by atoms with Crippen LogP contribution >= 0.6 is 0 Å². The highest BCUT2D eigenvalue weighted by Gasteiger charge is 2.24. The van der Waals surface area contributed by atoms with Crippen molar-refractivity contribution in [1.82, 2.24) is 10.6 Å². The lowest BCUT2D eigenvalue weighted by molar-refractivity contribution is -0.131. The number of carbonyl (C=O) groups excluding carboxylic acids is 3. The van der Waals surface area contributed by atoms with E-state index in [1.807, 2.05) is 0 Å². The smallest absolute Gasteiger partial charge is 0.243 e. The van der Waals surface area contributed by atoms with Gasteiger partial charge in [-0.1, -0.05) is 58.3 Å². The molecule has 0 bridgehead atoms. The van der Waals surface area contributed by atoms with Crippen molar-refractivity contribution in [2.24, 2.45) is 17.2 Å². The quantitative estimate of drug-likeness (QED) is 0.188. The number of rotatable bonds is 20. The molecule has 8 heteroatoms. The van der Waals surface area contributed by atoms with Crippen LogP contribution in [0.25, 0.3) is 0 Å². The highest BCUT2D eigenvalue weighted by molar-refractivity contribution is 5.91. The highest BCUT2D eigenvalue weighted by Crippen LogP contribution is 2.10. The molecular weight excluding hydrogens is 382 g/mol. The van der Waals surface area contributed by atoms with Crippen LogP contribution in [0.4, 0.5) is 0 Å². The fraction of sp³-hybridized carbons (Fsp3) is 0.864. The van der Waals surface area contributed by atoms with Gasteiger partial charge in [-0.25, -0.2) is 0 Å². The van der Waals surface area contributed by atoms with Crippen molar-refractivity contribution in [2.45, 2.75) is 109 Å². The number of nitrogens with two attached hydrogens (primary N) is 3. The van der Waals surface area contributed by atoms with Gasteiger partial charge in [0.25, 0.3) is 0 Å². The molecule has 0 aromatic rings. The van der Waals surface area contributed by atoms with Gasteiger partial charge in [-0.15, -0.1) is 0 Å². The second kappa shape index (κ2) is 19.3. The van der Waals surface area contributed by atoms with Gasteiger partial charge < -0.3 is 27.8 Å². The molecule has 3 amide bonds. The molecular formula is C22H45N5O3. The lowest BCUT2D eigenvalue weighted by Crippen LogP contribution is -2.53. The first kappa shape index (κ1) is 28.3. The molecule has 0 spiro atoms. The Morgan fingerprint density at radius 1 is 0.700 bits per heavy atom. The molecule has 8 N–H and O–H groups in total. The summed E-state index contributed by atoms with van der Waals surface area (Å²) in [6.07, 6.45) is 13.0. The average molecular weight is 428 g/mol. The molecule has 0 rings (SSSR count). The van der Waals surface area contributed by atoms with E-state index in [-0.39, 0.29) is 5.91 Å². The summed E-state index contributed by atoms with van der Waals surface area (Å²) in [6, 6.07) is -1.49. The van der Waals surface area contributed by atoms with Gasteiger partial charge in [0, 0.05) is 6.42 Å². The number of hydrogen-bond donors (Lipinski definition) is 5. The largest absolute Gasteiger partial charge is 0.368 e. The summed E-state index contributed by atoms with van der Waals surface area (Å²) in [4.78, 5) is 36.4. The Bertz CT molecular complexity index is 474. The standard InChI is InChI=1S/C22H45N5O3/c1-2-3-4-5-6-7-8-9-10-15-20(28)26-19(14-12-17-24)22(30)27-18(21(25)29)13-11-16-23/h18-19H,2-17,23-24H2,1H3,(H2,25,29)(H,26,28)(H,27,30)/t18-,19-/m0/s1.